The molecule has 3 heterocycles. The zero-order valence-electron chi connectivity index (χ0n) is 13.3. The largest absolute Gasteiger partial charge is 0.336 e. The van der Waals surface area contributed by atoms with Gasteiger partial charge in [0.05, 0.1) is 12.2 Å². The van der Waals surface area contributed by atoms with Gasteiger partial charge in [-0.15, -0.1) is 11.3 Å². The number of aromatic nitrogens is 1. The summed E-state index contributed by atoms with van der Waals surface area (Å²) in [5, 5.41) is 7.69. The monoisotopic (exact) mass is 386 g/mol. The molecule has 1 aliphatic rings. The third-order valence-electron chi connectivity index (χ3n) is 3.43. The summed E-state index contributed by atoms with van der Waals surface area (Å²) in [6.45, 7) is 4.44. The number of hydrogen-bond donors (Lipinski definition) is 2. The van der Waals surface area contributed by atoms with E-state index in [0.29, 0.717) is 28.9 Å². The SMILES string of the molecule is CC(C)NC(=O)Nc1nc2c(s1)CN(S(=O)(=O)c1cccs1)CC2. The van der Waals surface area contributed by atoms with Crippen LogP contribution in [0.5, 0.6) is 0 Å². The Balaban J connectivity index is 1.74. The van der Waals surface area contributed by atoms with E-state index in [4.69, 9.17) is 0 Å². The lowest BCUT2D eigenvalue weighted by molar-refractivity contribution is 0.250. The highest BCUT2D eigenvalue weighted by Gasteiger charge is 2.31. The van der Waals surface area contributed by atoms with Crippen molar-refractivity contribution in [1.29, 1.82) is 0 Å². The highest BCUT2D eigenvalue weighted by atomic mass is 32.2. The van der Waals surface area contributed by atoms with Gasteiger partial charge in [-0.05, 0) is 25.3 Å². The zero-order chi connectivity index (χ0) is 17.3. The highest BCUT2D eigenvalue weighted by Crippen LogP contribution is 2.32. The van der Waals surface area contributed by atoms with Crippen LogP contribution in [0.2, 0.25) is 0 Å². The van der Waals surface area contributed by atoms with Gasteiger partial charge >= 0.3 is 6.03 Å². The average Bonchev–Trinajstić information content (AvgIpc) is 3.14. The fraction of sp³-hybridized carbons (Fsp3) is 0.429. The molecule has 0 unspecified atom stereocenters. The number of carbonyl (C=O) groups is 1. The second-order valence-corrected chi connectivity index (χ2v) is 9.86. The maximum atomic E-state index is 12.6. The minimum absolute atomic E-state index is 0.0333. The van der Waals surface area contributed by atoms with Gasteiger partial charge in [0.1, 0.15) is 4.21 Å². The minimum atomic E-state index is -3.46. The van der Waals surface area contributed by atoms with E-state index in [2.05, 4.69) is 15.6 Å². The number of hydrogen-bond acceptors (Lipinski definition) is 6. The molecule has 2 aromatic rings. The number of thiazole rings is 1. The van der Waals surface area contributed by atoms with Crippen molar-refractivity contribution in [2.24, 2.45) is 0 Å². The van der Waals surface area contributed by atoms with Crippen LogP contribution in [0.4, 0.5) is 9.93 Å². The van der Waals surface area contributed by atoms with E-state index in [-0.39, 0.29) is 12.1 Å². The van der Waals surface area contributed by atoms with E-state index in [9.17, 15) is 13.2 Å². The van der Waals surface area contributed by atoms with Gasteiger partial charge in [-0.25, -0.2) is 18.2 Å². The van der Waals surface area contributed by atoms with Gasteiger partial charge in [0.2, 0.25) is 0 Å². The molecule has 0 saturated carbocycles. The van der Waals surface area contributed by atoms with Crippen LogP contribution >= 0.6 is 22.7 Å². The summed E-state index contributed by atoms with van der Waals surface area (Å²) in [5.74, 6) is 0. The summed E-state index contributed by atoms with van der Waals surface area (Å²) in [7, 11) is -3.46. The van der Waals surface area contributed by atoms with Crippen LogP contribution in [0.1, 0.15) is 24.4 Å². The van der Waals surface area contributed by atoms with Crippen molar-refractivity contribution in [3.63, 3.8) is 0 Å². The van der Waals surface area contributed by atoms with Crippen LogP contribution in [0.25, 0.3) is 0 Å². The summed E-state index contributed by atoms with van der Waals surface area (Å²) >= 11 is 2.54. The predicted octanol–water partition coefficient (Wildman–Crippen LogP) is 2.48. The van der Waals surface area contributed by atoms with E-state index < -0.39 is 10.0 Å². The van der Waals surface area contributed by atoms with Crippen LogP contribution < -0.4 is 10.6 Å². The first kappa shape index (κ1) is 17.3. The molecule has 0 fully saturated rings. The lowest BCUT2D eigenvalue weighted by Crippen LogP contribution is -2.35. The smallest absolute Gasteiger partial charge is 0.321 e. The summed E-state index contributed by atoms with van der Waals surface area (Å²) in [5.41, 5.74) is 0.859. The van der Waals surface area contributed by atoms with Crippen LogP contribution in [0.15, 0.2) is 21.7 Å². The molecule has 1 aliphatic heterocycles. The van der Waals surface area contributed by atoms with Crippen LogP contribution in [-0.4, -0.2) is 36.3 Å². The van der Waals surface area contributed by atoms with E-state index in [0.717, 1.165) is 10.6 Å². The van der Waals surface area contributed by atoms with Crippen molar-refractivity contribution in [3.8, 4) is 0 Å². The van der Waals surface area contributed by atoms with Gasteiger partial charge in [0.25, 0.3) is 10.0 Å². The fourth-order valence-corrected chi connectivity index (χ4v) is 6.02. The van der Waals surface area contributed by atoms with E-state index in [1.54, 1.807) is 17.5 Å². The Hall–Kier alpha value is -1.49. The summed E-state index contributed by atoms with van der Waals surface area (Å²) in [4.78, 5) is 17.0. The third-order valence-corrected chi connectivity index (χ3v) is 7.64. The molecular weight excluding hydrogens is 368 g/mol. The predicted molar refractivity (Wildman–Crippen MR) is 95.0 cm³/mol. The lowest BCUT2D eigenvalue weighted by Gasteiger charge is -2.24. The number of thiophene rings is 1. The Morgan fingerprint density at radius 2 is 2.21 bits per heavy atom. The molecule has 2 aromatic heterocycles. The molecule has 0 aliphatic carbocycles. The third kappa shape index (κ3) is 3.61. The lowest BCUT2D eigenvalue weighted by atomic mass is 10.2. The number of nitrogens with zero attached hydrogens (tertiary/aromatic N) is 2. The Kier molecular flexibility index (Phi) is 4.90. The van der Waals surface area contributed by atoms with Crippen molar-refractivity contribution in [2.75, 3.05) is 11.9 Å². The molecule has 7 nitrogen and oxygen atoms in total. The fourth-order valence-electron chi connectivity index (χ4n) is 2.36. The molecule has 24 heavy (non-hydrogen) atoms. The maximum absolute atomic E-state index is 12.6. The Labute approximate surface area is 148 Å². The molecule has 0 bridgehead atoms. The first-order chi connectivity index (χ1) is 11.4. The first-order valence-electron chi connectivity index (χ1n) is 7.46. The minimum Gasteiger partial charge on any atom is -0.336 e. The molecule has 130 valence electrons. The number of amides is 2. The topological polar surface area (TPSA) is 91.4 Å². The van der Waals surface area contributed by atoms with Gasteiger partial charge in [-0.1, -0.05) is 17.4 Å². The number of carbonyl (C=O) groups excluding carboxylic acids is 1. The molecule has 0 aromatic carbocycles. The summed E-state index contributed by atoms with van der Waals surface area (Å²) in [6, 6.07) is 3.07. The normalized spacial score (nSPS) is 15.3. The number of nitrogens with one attached hydrogen (secondary N) is 2. The second kappa shape index (κ2) is 6.79. The molecule has 10 heteroatoms. The van der Waals surface area contributed by atoms with Gasteiger partial charge in [-0.2, -0.15) is 4.31 Å². The first-order valence-corrected chi connectivity index (χ1v) is 10.6. The van der Waals surface area contributed by atoms with Gasteiger partial charge in [0, 0.05) is 23.9 Å². The number of anilines is 1. The van der Waals surface area contributed by atoms with Gasteiger partial charge in [0.15, 0.2) is 5.13 Å². The van der Waals surface area contributed by atoms with Crippen LogP contribution in [-0.2, 0) is 23.0 Å². The Morgan fingerprint density at radius 1 is 1.42 bits per heavy atom. The van der Waals surface area contributed by atoms with E-state index in [1.807, 2.05) is 13.8 Å². The Bertz CT molecular complexity index is 828. The molecule has 2 N–H and O–H groups in total. The van der Waals surface area contributed by atoms with Gasteiger partial charge < -0.3 is 5.32 Å². The van der Waals surface area contributed by atoms with Gasteiger partial charge in [-0.3, -0.25) is 5.32 Å². The Morgan fingerprint density at radius 3 is 2.88 bits per heavy atom. The number of rotatable bonds is 4. The van der Waals surface area contributed by atoms with Crippen molar-refractivity contribution >= 4 is 43.9 Å². The van der Waals surface area contributed by atoms with Crippen molar-refractivity contribution in [3.05, 3.63) is 28.1 Å². The van der Waals surface area contributed by atoms with Crippen LogP contribution in [0, 0.1) is 0 Å². The second-order valence-electron chi connectivity index (χ2n) is 5.66. The summed E-state index contributed by atoms with van der Waals surface area (Å²) in [6.07, 6.45) is 0.546. The molecule has 0 atom stereocenters. The van der Waals surface area contributed by atoms with Crippen molar-refractivity contribution in [2.45, 2.75) is 37.1 Å². The van der Waals surface area contributed by atoms with Crippen molar-refractivity contribution in [1.82, 2.24) is 14.6 Å². The number of sulfonamides is 1. The van der Waals surface area contributed by atoms with E-state index >= 15 is 0 Å². The van der Waals surface area contributed by atoms with E-state index in [1.165, 1.54) is 27.0 Å². The molecule has 2 amide bonds. The quantitative estimate of drug-likeness (QED) is 0.844. The summed E-state index contributed by atoms with van der Waals surface area (Å²) < 4.78 is 27.0. The maximum Gasteiger partial charge on any atom is 0.321 e. The van der Waals surface area contributed by atoms with Crippen molar-refractivity contribution < 1.29 is 13.2 Å². The molecular formula is C14H18N4O3S3. The molecule has 0 radical (unpaired) electrons. The van der Waals surface area contributed by atoms with Crippen LogP contribution in [0.3, 0.4) is 0 Å². The molecule has 3 rings (SSSR count). The zero-order valence-corrected chi connectivity index (χ0v) is 15.7. The standard InChI is InChI=1S/C14H18N4O3S3/c1-9(2)15-13(19)17-14-16-10-5-6-18(8-11(10)23-14)24(20,21)12-4-3-7-22-12/h3-4,7,9H,5-6,8H2,1-2H3,(H2,15,16,17,19). The number of urea groups is 1. The molecule has 0 saturated heterocycles. The number of fused-ring (bicyclic) bond motifs is 1. The molecule has 0 spiro atoms. The highest BCUT2D eigenvalue weighted by molar-refractivity contribution is 7.91. The average molecular weight is 387 g/mol.